The average Bonchev–Trinajstić information content (AvgIpc) is 2.73. The van der Waals surface area contributed by atoms with E-state index < -0.39 is 0 Å². The van der Waals surface area contributed by atoms with E-state index in [1.807, 2.05) is 6.21 Å². The van der Waals surface area contributed by atoms with E-state index in [2.05, 4.69) is 74.8 Å². The first-order chi connectivity index (χ1) is 9.95. The maximum absolute atomic E-state index is 4.56. The molecule has 2 heterocycles. The maximum atomic E-state index is 4.56. The molecule has 2 heteroatoms. The molecular formula is C19H26N2. The van der Waals surface area contributed by atoms with E-state index in [-0.39, 0.29) is 0 Å². The van der Waals surface area contributed by atoms with Crippen molar-refractivity contribution < 1.29 is 0 Å². The zero-order valence-corrected chi connectivity index (χ0v) is 13.9. The molecule has 1 aliphatic rings. The Morgan fingerprint density at radius 1 is 1.24 bits per heavy atom. The van der Waals surface area contributed by atoms with Crippen molar-refractivity contribution in [2.75, 3.05) is 0 Å². The van der Waals surface area contributed by atoms with Crippen molar-refractivity contribution in [1.82, 2.24) is 4.57 Å². The van der Waals surface area contributed by atoms with Gasteiger partial charge in [-0.05, 0) is 63.7 Å². The third-order valence-electron chi connectivity index (χ3n) is 4.11. The molecule has 0 N–H and O–H groups in total. The van der Waals surface area contributed by atoms with Gasteiger partial charge in [-0.1, -0.05) is 23.8 Å². The predicted octanol–water partition coefficient (Wildman–Crippen LogP) is 4.76. The van der Waals surface area contributed by atoms with Gasteiger partial charge in [-0.2, -0.15) is 0 Å². The molecule has 0 aliphatic carbocycles. The highest BCUT2D eigenvalue weighted by molar-refractivity contribution is 5.79. The molecule has 1 aromatic rings. The first-order valence-corrected chi connectivity index (χ1v) is 7.63. The molecule has 1 unspecified atom stereocenters. The van der Waals surface area contributed by atoms with Crippen molar-refractivity contribution in [3.05, 3.63) is 58.6 Å². The summed E-state index contributed by atoms with van der Waals surface area (Å²) >= 11 is 0. The Bertz CT molecular complexity index is 624. The number of nitrogens with zero attached hydrogens (tertiary/aromatic N) is 2. The summed E-state index contributed by atoms with van der Waals surface area (Å²) in [5.74, 6) is 0.519. The minimum Gasteiger partial charge on any atom is -0.354 e. The van der Waals surface area contributed by atoms with E-state index in [9.17, 15) is 0 Å². The highest BCUT2D eigenvalue weighted by Gasteiger charge is 2.11. The fraction of sp³-hybridized carbons (Fsp3) is 0.421. The molecule has 2 rings (SSSR count). The van der Waals surface area contributed by atoms with Crippen molar-refractivity contribution >= 4 is 6.21 Å². The van der Waals surface area contributed by atoms with Crippen molar-refractivity contribution in [1.29, 1.82) is 0 Å². The van der Waals surface area contributed by atoms with Gasteiger partial charge in [0.15, 0.2) is 0 Å². The van der Waals surface area contributed by atoms with Crippen LogP contribution in [0.15, 0.2) is 52.3 Å². The largest absolute Gasteiger partial charge is 0.354 e. The molecule has 0 amide bonds. The number of hydrogen-bond acceptors (Lipinski definition) is 1. The first kappa shape index (κ1) is 15.6. The second-order valence-electron chi connectivity index (χ2n) is 6.21. The second kappa shape index (κ2) is 6.75. The minimum atomic E-state index is 0.519. The van der Waals surface area contributed by atoms with Gasteiger partial charge in [0, 0.05) is 30.9 Å². The summed E-state index contributed by atoms with van der Waals surface area (Å²) in [7, 11) is 2.13. The van der Waals surface area contributed by atoms with Crippen LogP contribution in [0.4, 0.5) is 0 Å². The van der Waals surface area contributed by atoms with Crippen LogP contribution in [0.3, 0.4) is 0 Å². The lowest BCUT2D eigenvalue weighted by molar-refractivity contribution is 0.609. The van der Waals surface area contributed by atoms with Gasteiger partial charge < -0.3 is 4.57 Å². The molecule has 0 fully saturated rings. The van der Waals surface area contributed by atoms with Crippen molar-refractivity contribution in [2.24, 2.45) is 18.0 Å². The summed E-state index contributed by atoms with van der Waals surface area (Å²) in [6, 6.07) is 2.29. The zero-order valence-electron chi connectivity index (χ0n) is 13.9. The Morgan fingerprint density at radius 2 is 2.00 bits per heavy atom. The van der Waals surface area contributed by atoms with E-state index in [1.165, 1.54) is 22.4 Å². The summed E-state index contributed by atoms with van der Waals surface area (Å²) < 4.78 is 2.24. The Kier molecular flexibility index (Phi) is 5.00. The number of aryl methyl sites for hydroxylation is 2. The third-order valence-corrected chi connectivity index (χ3v) is 4.11. The Hall–Kier alpha value is -1.83. The van der Waals surface area contributed by atoms with E-state index in [4.69, 9.17) is 0 Å². The lowest BCUT2D eigenvalue weighted by atomic mass is 9.93. The van der Waals surface area contributed by atoms with Gasteiger partial charge in [0.2, 0.25) is 0 Å². The molecule has 2 nitrogen and oxygen atoms in total. The fourth-order valence-electron chi connectivity index (χ4n) is 2.73. The van der Waals surface area contributed by atoms with E-state index in [1.54, 1.807) is 0 Å². The lowest BCUT2D eigenvalue weighted by Crippen LogP contribution is -2.07. The first-order valence-electron chi connectivity index (χ1n) is 7.63. The normalized spacial score (nSPS) is 28.8. The van der Waals surface area contributed by atoms with Crippen LogP contribution in [0.25, 0.3) is 0 Å². The molecule has 1 aliphatic heterocycles. The minimum absolute atomic E-state index is 0.519. The number of rotatable bonds is 2. The van der Waals surface area contributed by atoms with E-state index in [0.717, 1.165) is 18.5 Å². The fourth-order valence-corrected chi connectivity index (χ4v) is 2.73. The smallest absolute Gasteiger partial charge is 0.0362 e. The molecule has 1 atom stereocenters. The average molecular weight is 282 g/mol. The van der Waals surface area contributed by atoms with E-state index >= 15 is 0 Å². The summed E-state index contributed by atoms with van der Waals surface area (Å²) in [5.41, 5.74) is 6.44. The van der Waals surface area contributed by atoms with Crippen molar-refractivity contribution in [3.8, 4) is 0 Å². The Morgan fingerprint density at radius 3 is 2.67 bits per heavy atom. The summed E-state index contributed by atoms with van der Waals surface area (Å²) in [4.78, 5) is 4.56. The molecule has 0 aromatic carbocycles. The molecule has 112 valence electrons. The molecule has 0 spiro atoms. The van der Waals surface area contributed by atoms with Crippen LogP contribution < -0.4 is 0 Å². The van der Waals surface area contributed by atoms with Crippen molar-refractivity contribution in [3.63, 3.8) is 0 Å². The maximum Gasteiger partial charge on any atom is 0.0362 e. The van der Waals surface area contributed by atoms with Crippen LogP contribution >= 0.6 is 0 Å². The predicted molar refractivity (Wildman–Crippen MR) is 91.7 cm³/mol. The van der Waals surface area contributed by atoms with Gasteiger partial charge in [-0.15, -0.1) is 0 Å². The molecule has 0 saturated heterocycles. The van der Waals surface area contributed by atoms with E-state index in [0.29, 0.717) is 5.92 Å². The van der Waals surface area contributed by atoms with Gasteiger partial charge in [0.1, 0.15) is 0 Å². The van der Waals surface area contributed by atoms with Crippen molar-refractivity contribution in [2.45, 2.75) is 40.5 Å². The highest BCUT2D eigenvalue weighted by atomic mass is 14.9. The Balaban J connectivity index is 2.25. The van der Waals surface area contributed by atoms with Crippen LogP contribution in [0.2, 0.25) is 0 Å². The molecule has 21 heavy (non-hydrogen) atoms. The topological polar surface area (TPSA) is 17.3 Å². The molecular weight excluding hydrogens is 256 g/mol. The quantitative estimate of drug-likeness (QED) is 0.744. The molecule has 0 saturated carbocycles. The standard InChI is InChI=1S/C19H26N2/c1-14-7-6-8-18(10-16(3)17(4)20-12-14)11-19-9-15(2)13-21(19)5/h6-9,12-13,18H,10-11H2,1-5H3/b8-6+,14-7-,17-16+,20-12-. The lowest BCUT2D eigenvalue weighted by Gasteiger charge is -2.15. The Labute approximate surface area is 128 Å². The number of aromatic nitrogens is 1. The van der Waals surface area contributed by atoms with Crippen LogP contribution in [-0.2, 0) is 13.5 Å². The highest BCUT2D eigenvalue weighted by Crippen LogP contribution is 2.22. The SMILES string of the molecule is CC1=C/C=C/C(Cc2cc(C)cn2C)C/C(C)=C(C)/N=C\1. The van der Waals surface area contributed by atoms with Gasteiger partial charge in [-0.3, -0.25) is 4.99 Å². The number of aliphatic imine (C=N–C) groups is 1. The molecule has 0 bridgehead atoms. The zero-order chi connectivity index (χ0) is 15.4. The van der Waals surface area contributed by atoms with Gasteiger partial charge in [0.05, 0.1) is 0 Å². The van der Waals surface area contributed by atoms with Crippen LogP contribution in [0.5, 0.6) is 0 Å². The van der Waals surface area contributed by atoms with Crippen LogP contribution in [0.1, 0.15) is 38.4 Å². The van der Waals surface area contributed by atoms with Gasteiger partial charge >= 0.3 is 0 Å². The van der Waals surface area contributed by atoms with Gasteiger partial charge in [0.25, 0.3) is 0 Å². The van der Waals surface area contributed by atoms with Crippen LogP contribution in [-0.4, -0.2) is 10.8 Å². The number of hydrogen-bond donors (Lipinski definition) is 0. The van der Waals surface area contributed by atoms with Gasteiger partial charge in [-0.25, -0.2) is 0 Å². The molecule has 0 radical (unpaired) electrons. The third kappa shape index (κ3) is 4.32. The second-order valence-corrected chi connectivity index (χ2v) is 6.21. The summed E-state index contributed by atoms with van der Waals surface area (Å²) in [6.45, 7) is 8.55. The monoisotopic (exact) mass is 282 g/mol. The molecule has 1 aromatic heterocycles. The summed E-state index contributed by atoms with van der Waals surface area (Å²) in [5, 5.41) is 0. The number of allylic oxidation sites excluding steroid dienone is 6. The summed E-state index contributed by atoms with van der Waals surface area (Å²) in [6.07, 6.45) is 12.9. The van der Waals surface area contributed by atoms with Crippen LogP contribution in [0, 0.1) is 12.8 Å².